The minimum Gasteiger partial charge on any atom is -0.496 e. The van der Waals surface area contributed by atoms with Gasteiger partial charge >= 0.3 is 5.97 Å². The van der Waals surface area contributed by atoms with E-state index in [0.29, 0.717) is 12.3 Å². The summed E-state index contributed by atoms with van der Waals surface area (Å²) in [6.45, 7) is 1.61. The lowest BCUT2D eigenvalue weighted by atomic mass is 9.90. The summed E-state index contributed by atoms with van der Waals surface area (Å²) in [6, 6.07) is 6.12. The molecule has 1 aliphatic rings. The van der Waals surface area contributed by atoms with Crippen molar-refractivity contribution in [2.75, 3.05) is 20.3 Å². The summed E-state index contributed by atoms with van der Waals surface area (Å²) in [5.74, 6) is 0.513. The Bertz CT molecular complexity index is 436. The van der Waals surface area contributed by atoms with E-state index in [1.165, 1.54) is 5.56 Å². The normalized spacial score (nSPS) is 16.3. The summed E-state index contributed by atoms with van der Waals surface area (Å²) in [6.07, 6.45) is 2.71. The van der Waals surface area contributed by atoms with Gasteiger partial charge in [-0.05, 0) is 42.4 Å². The average Bonchev–Trinajstić information content (AvgIpc) is 2.45. The molecule has 4 nitrogen and oxygen atoms in total. The van der Waals surface area contributed by atoms with E-state index in [9.17, 15) is 4.79 Å². The van der Waals surface area contributed by atoms with Crippen molar-refractivity contribution < 1.29 is 19.4 Å². The van der Waals surface area contributed by atoms with Crippen molar-refractivity contribution in [3.05, 3.63) is 29.3 Å². The van der Waals surface area contributed by atoms with Crippen LogP contribution in [0.5, 0.6) is 5.75 Å². The van der Waals surface area contributed by atoms with Crippen LogP contribution in [0.15, 0.2) is 18.2 Å². The number of hydrogen-bond acceptors (Lipinski definition) is 3. The number of benzene rings is 1. The van der Waals surface area contributed by atoms with Gasteiger partial charge in [0.05, 0.1) is 7.11 Å². The van der Waals surface area contributed by atoms with Crippen LogP contribution < -0.4 is 4.74 Å². The Balaban J connectivity index is 2.16. The van der Waals surface area contributed by atoms with E-state index < -0.39 is 5.97 Å². The van der Waals surface area contributed by atoms with Gasteiger partial charge in [-0.1, -0.05) is 12.1 Å². The molecule has 2 rings (SSSR count). The SMILES string of the molecule is COc1ccc(C2CCOCC2)cc1CCC(=O)O. The van der Waals surface area contributed by atoms with Crippen molar-refractivity contribution in [1.82, 2.24) is 0 Å². The van der Waals surface area contributed by atoms with Crippen molar-refractivity contribution in [2.24, 2.45) is 0 Å². The second-order valence-corrected chi connectivity index (χ2v) is 4.85. The number of carboxylic acids is 1. The highest BCUT2D eigenvalue weighted by molar-refractivity contribution is 5.67. The van der Waals surface area contributed by atoms with Gasteiger partial charge in [-0.2, -0.15) is 0 Å². The fourth-order valence-corrected chi connectivity index (χ4v) is 2.52. The minimum absolute atomic E-state index is 0.133. The van der Waals surface area contributed by atoms with Crippen LogP contribution in [0.4, 0.5) is 0 Å². The number of carboxylic acid groups (broad SMARTS) is 1. The van der Waals surface area contributed by atoms with Gasteiger partial charge < -0.3 is 14.6 Å². The predicted octanol–water partition coefficient (Wildman–Crippen LogP) is 2.61. The zero-order chi connectivity index (χ0) is 13.7. The summed E-state index contributed by atoms with van der Waals surface area (Å²) in [5, 5.41) is 8.80. The van der Waals surface area contributed by atoms with Gasteiger partial charge in [-0.15, -0.1) is 0 Å². The molecular formula is C15H20O4. The Morgan fingerprint density at radius 1 is 1.42 bits per heavy atom. The molecule has 0 saturated carbocycles. The Hall–Kier alpha value is -1.55. The lowest BCUT2D eigenvalue weighted by Crippen LogP contribution is -2.14. The maximum Gasteiger partial charge on any atom is 0.303 e. The molecule has 1 aromatic rings. The molecule has 0 unspecified atom stereocenters. The van der Waals surface area contributed by atoms with Crippen molar-refractivity contribution in [3.8, 4) is 5.75 Å². The molecule has 1 N–H and O–H groups in total. The van der Waals surface area contributed by atoms with Crippen LogP contribution in [-0.2, 0) is 16.0 Å². The monoisotopic (exact) mass is 264 g/mol. The third-order valence-corrected chi connectivity index (χ3v) is 3.61. The summed E-state index contributed by atoms with van der Waals surface area (Å²) < 4.78 is 10.7. The van der Waals surface area contributed by atoms with E-state index in [-0.39, 0.29) is 6.42 Å². The topological polar surface area (TPSA) is 55.8 Å². The number of methoxy groups -OCH3 is 1. The smallest absolute Gasteiger partial charge is 0.303 e. The van der Waals surface area contributed by atoms with Crippen LogP contribution in [0, 0.1) is 0 Å². The van der Waals surface area contributed by atoms with Gasteiger partial charge in [0.2, 0.25) is 0 Å². The Morgan fingerprint density at radius 3 is 2.79 bits per heavy atom. The van der Waals surface area contributed by atoms with Crippen molar-refractivity contribution in [1.29, 1.82) is 0 Å². The second-order valence-electron chi connectivity index (χ2n) is 4.85. The van der Waals surface area contributed by atoms with Gasteiger partial charge in [-0.25, -0.2) is 0 Å². The molecule has 19 heavy (non-hydrogen) atoms. The van der Waals surface area contributed by atoms with Crippen molar-refractivity contribution in [3.63, 3.8) is 0 Å². The molecule has 0 spiro atoms. The molecule has 0 aliphatic carbocycles. The fourth-order valence-electron chi connectivity index (χ4n) is 2.52. The number of carbonyl (C=O) groups is 1. The molecule has 104 valence electrons. The van der Waals surface area contributed by atoms with Gasteiger partial charge in [0.15, 0.2) is 0 Å². The Kier molecular flexibility index (Phi) is 4.80. The predicted molar refractivity (Wildman–Crippen MR) is 71.7 cm³/mol. The molecule has 1 fully saturated rings. The van der Waals surface area contributed by atoms with E-state index in [1.807, 2.05) is 6.07 Å². The number of aliphatic carboxylic acids is 1. The highest BCUT2D eigenvalue weighted by Gasteiger charge is 2.17. The number of aryl methyl sites for hydroxylation is 1. The molecule has 1 heterocycles. The Morgan fingerprint density at radius 2 is 2.16 bits per heavy atom. The third kappa shape index (κ3) is 3.70. The molecule has 0 atom stereocenters. The number of rotatable bonds is 5. The molecule has 1 aromatic carbocycles. The first-order valence-corrected chi connectivity index (χ1v) is 6.67. The summed E-state index contributed by atoms with van der Waals surface area (Å²) in [7, 11) is 1.62. The van der Waals surface area contributed by atoms with Gasteiger partial charge in [0, 0.05) is 19.6 Å². The fraction of sp³-hybridized carbons (Fsp3) is 0.533. The van der Waals surface area contributed by atoms with E-state index in [2.05, 4.69) is 12.1 Å². The first-order valence-electron chi connectivity index (χ1n) is 6.67. The van der Waals surface area contributed by atoms with Gasteiger partial charge in [0.25, 0.3) is 0 Å². The van der Waals surface area contributed by atoms with Gasteiger partial charge in [0.1, 0.15) is 5.75 Å². The standard InChI is InChI=1S/C15H20O4/c1-18-14-4-2-12(11-6-8-19-9-7-11)10-13(14)3-5-15(16)17/h2,4,10-11H,3,5-9H2,1H3,(H,16,17). The zero-order valence-electron chi connectivity index (χ0n) is 11.2. The second kappa shape index (κ2) is 6.57. The van der Waals surface area contributed by atoms with E-state index in [4.69, 9.17) is 14.6 Å². The lowest BCUT2D eigenvalue weighted by Gasteiger charge is -2.23. The van der Waals surface area contributed by atoms with E-state index in [1.54, 1.807) is 7.11 Å². The molecule has 4 heteroatoms. The summed E-state index contributed by atoms with van der Waals surface area (Å²) in [5.41, 5.74) is 2.25. The van der Waals surface area contributed by atoms with Gasteiger partial charge in [-0.3, -0.25) is 4.79 Å². The molecular weight excluding hydrogens is 244 g/mol. The number of ether oxygens (including phenoxy) is 2. The average molecular weight is 264 g/mol. The lowest BCUT2D eigenvalue weighted by molar-refractivity contribution is -0.136. The maximum absolute atomic E-state index is 10.7. The zero-order valence-corrected chi connectivity index (χ0v) is 11.2. The van der Waals surface area contributed by atoms with Crippen LogP contribution >= 0.6 is 0 Å². The first-order chi connectivity index (χ1) is 9.20. The highest BCUT2D eigenvalue weighted by atomic mass is 16.5. The molecule has 1 aliphatic heterocycles. The molecule has 0 bridgehead atoms. The van der Waals surface area contributed by atoms with Crippen LogP contribution in [0.3, 0.4) is 0 Å². The van der Waals surface area contributed by atoms with Crippen LogP contribution in [0.25, 0.3) is 0 Å². The minimum atomic E-state index is -0.779. The van der Waals surface area contributed by atoms with E-state index in [0.717, 1.165) is 37.4 Å². The number of hydrogen-bond donors (Lipinski definition) is 1. The van der Waals surface area contributed by atoms with Crippen LogP contribution in [0.2, 0.25) is 0 Å². The summed E-state index contributed by atoms with van der Waals surface area (Å²) in [4.78, 5) is 10.7. The maximum atomic E-state index is 10.7. The molecule has 0 radical (unpaired) electrons. The van der Waals surface area contributed by atoms with E-state index >= 15 is 0 Å². The molecule has 0 aromatic heterocycles. The third-order valence-electron chi connectivity index (χ3n) is 3.61. The largest absolute Gasteiger partial charge is 0.496 e. The summed E-state index contributed by atoms with van der Waals surface area (Å²) >= 11 is 0. The first kappa shape index (κ1) is 13.9. The molecule has 0 amide bonds. The quantitative estimate of drug-likeness (QED) is 0.888. The van der Waals surface area contributed by atoms with Crippen LogP contribution in [0.1, 0.15) is 36.3 Å². The highest BCUT2D eigenvalue weighted by Crippen LogP contribution is 2.31. The van der Waals surface area contributed by atoms with Crippen LogP contribution in [-0.4, -0.2) is 31.4 Å². The Labute approximate surface area is 113 Å². The van der Waals surface area contributed by atoms with Crippen molar-refractivity contribution in [2.45, 2.75) is 31.6 Å². The molecule has 1 saturated heterocycles. The van der Waals surface area contributed by atoms with Crippen molar-refractivity contribution >= 4 is 5.97 Å².